The van der Waals surface area contributed by atoms with Gasteiger partial charge in [0.25, 0.3) is 0 Å². The SMILES string of the molecule is Nc1cc(Br)ccc1C(=O)c1c(F)ccc(Br)c1F. The van der Waals surface area contributed by atoms with E-state index in [1.165, 1.54) is 18.2 Å². The van der Waals surface area contributed by atoms with Crippen LogP contribution < -0.4 is 5.73 Å². The van der Waals surface area contributed by atoms with Crippen LogP contribution in [-0.4, -0.2) is 5.78 Å². The number of anilines is 1. The molecule has 0 bridgehead atoms. The van der Waals surface area contributed by atoms with Gasteiger partial charge in [0.15, 0.2) is 5.82 Å². The fourth-order valence-electron chi connectivity index (χ4n) is 1.61. The second kappa shape index (κ2) is 5.38. The van der Waals surface area contributed by atoms with Gasteiger partial charge < -0.3 is 5.73 Å². The van der Waals surface area contributed by atoms with E-state index >= 15 is 0 Å². The van der Waals surface area contributed by atoms with Crippen molar-refractivity contribution in [3.8, 4) is 0 Å². The fourth-order valence-corrected chi connectivity index (χ4v) is 2.32. The van der Waals surface area contributed by atoms with Crippen LogP contribution in [-0.2, 0) is 0 Å². The molecule has 0 radical (unpaired) electrons. The topological polar surface area (TPSA) is 43.1 Å². The minimum absolute atomic E-state index is 0.0212. The summed E-state index contributed by atoms with van der Waals surface area (Å²) in [5.41, 5.74) is 5.27. The molecule has 2 aromatic carbocycles. The molecule has 6 heteroatoms. The highest BCUT2D eigenvalue weighted by Gasteiger charge is 2.22. The van der Waals surface area contributed by atoms with Crippen LogP contribution in [0.2, 0.25) is 0 Å². The first-order chi connectivity index (χ1) is 8.91. The minimum atomic E-state index is -0.938. The third-order valence-corrected chi connectivity index (χ3v) is 3.63. The second-order valence-electron chi connectivity index (χ2n) is 3.78. The number of carbonyl (C=O) groups is 1. The van der Waals surface area contributed by atoms with E-state index in [2.05, 4.69) is 31.9 Å². The van der Waals surface area contributed by atoms with Gasteiger partial charge in [-0.25, -0.2) is 8.78 Å². The molecular formula is C13H7Br2F2NO. The molecule has 0 spiro atoms. The Labute approximate surface area is 124 Å². The lowest BCUT2D eigenvalue weighted by Gasteiger charge is -2.08. The normalized spacial score (nSPS) is 10.5. The van der Waals surface area contributed by atoms with Crippen LogP contribution in [0.1, 0.15) is 15.9 Å². The van der Waals surface area contributed by atoms with Crippen molar-refractivity contribution in [3.05, 3.63) is 62.0 Å². The Morgan fingerprint density at radius 3 is 2.42 bits per heavy atom. The summed E-state index contributed by atoms with van der Waals surface area (Å²) in [5.74, 6) is -2.65. The molecule has 2 rings (SSSR count). The Bertz CT molecular complexity index is 674. The lowest BCUT2D eigenvalue weighted by Crippen LogP contribution is -2.10. The van der Waals surface area contributed by atoms with Crippen molar-refractivity contribution in [1.82, 2.24) is 0 Å². The molecule has 0 unspecified atom stereocenters. The van der Waals surface area contributed by atoms with Crippen molar-refractivity contribution in [3.63, 3.8) is 0 Å². The second-order valence-corrected chi connectivity index (χ2v) is 5.55. The van der Waals surface area contributed by atoms with E-state index in [1.807, 2.05) is 0 Å². The third-order valence-electron chi connectivity index (χ3n) is 2.53. The third kappa shape index (κ3) is 2.69. The van der Waals surface area contributed by atoms with Crippen molar-refractivity contribution < 1.29 is 13.6 Å². The largest absolute Gasteiger partial charge is 0.398 e. The number of benzene rings is 2. The number of nitrogen functional groups attached to an aromatic ring is 1. The predicted molar refractivity (Wildman–Crippen MR) is 76.0 cm³/mol. The number of rotatable bonds is 2. The molecule has 0 saturated heterocycles. The summed E-state index contributed by atoms with van der Waals surface area (Å²) in [5, 5.41) is 0. The van der Waals surface area contributed by atoms with Crippen molar-refractivity contribution in [1.29, 1.82) is 0 Å². The first-order valence-corrected chi connectivity index (χ1v) is 6.73. The van der Waals surface area contributed by atoms with Crippen LogP contribution >= 0.6 is 31.9 Å². The summed E-state index contributed by atoms with van der Waals surface area (Å²) >= 11 is 6.11. The lowest BCUT2D eigenvalue weighted by atomic mass is 10.0. The molecular weight excluding hydrogens is 384 g/mol. The summed E-state index contributed by atoms with van der Waals surface area (Å²) < 4.78 is 28.2. The zero-order valence-electron chi connectivity index (χ0n) is 9.38. The van der Waals surface area contributed by atoms with Crippen molar-refractivity contribution in [2.24, 2.45) is 0 Å². The van der Waals surface area contributed by atoms with Gasteiger partial charge in [0, 0.05) is 15.7 Å². The molecule has 0 aliphatic rings. The molecule has 0 atom stereocenters. The average Bonchev–Trinajstić information content (AvgIpc) is 2.34. The first kappa shape index (κ1) is 14.1. The maximum Gasteiger partial charge on any atom is 0.201 e. The summed E-state index contributed by atoms with van der Waals surface area (Å²) in [6.45, 7) is 0. The minimum Gasteiger partial charge on any atom is -0.398 e. The number of nitrogens with two attached hydrogens (primary N) is 1. The Balaban J connectivity index is 2.59. The van der Waals surface area contributed by atoms with Gasteiger partial charge in [0.2, 0.25) is 5.78 Å². The highest BCUT2D eigenvalue weighted by Crippen LogP contribution is 2.27. The van der Waals surface area contributed by atoms with Gasteiger partial charge >= 0.3 is 0 Å². The molecule has 0 aliphatic heterocycles. The maximum absolute atomic E-state index is 13.9. The monoisotopic (exact) mass is 389 g/mol. The molecule has 2 N–H and O–H groups in total. The van der Waals surface area contributed by atoms with Crippen LogP contribution in [0.3, 0.4) is 0 Å². The van der Waals surface area contributed by atoms with Crippen LogP contribution in [0.15, 0.2) is 39.3 Å². The van der Waals surface area contributed by atoms with E-state index in [-0.39, 0.29) is 15.7 Å². The van der Waals surface area contributed by atoms with E-state index < -0.39 is 23.0 Å². The highest BCUT2D eigenvalue weighted by atomic mass is 79.9. The Hall–Kier alpha value is -1.27. The average molecular weight is 391 g/mol. The molecule has 2 nitrogen and oxygen atoms in total. The van der Waals surface area contributed by atoms with Gasteiger partial charge in [-0.2, -0.15) is 0 Å². The number of hydrogen-bond donors (Lipinski definition) is 1. The van der Waals surface area contributed by atoms with E-state index in [1.54, 1.807) is 6.07 Å². The van der Waals surface area contributed by atoms with E-state index in [0.717, 1.165) is 6.07 Å². The zero-order chi connectivity index (χ0) is 14.2. The van der Waals surface area contributed by atoms with Crippen LogP contribution in [0.4, 0.5) is 14.5 Å². The predicted octanol–water partition coefficient (Wildman–Crippen LogP) is 4.30. The van der Waals surface area contributed by atoms with Gasteiger partial charge in [-0.05, 0) is 46.3 Å². The van der Waals surface area contributed by atoms with E-state index in [0.29, 0.717) is 4.47 Å². The molecule has 0 saturated carbocycles. The molecule has 98 valence electrons. The molecule has 0 amide bonds. The van der Waals surface area contributed by atoms with Crippen LogP contribution in [0.5, 0.6) is 0 Å². The Kier molecular flexibility index (Phi) is 4.01. The Morgan fingerprint density at radius 2 is 1.79 bits per heavy atom. The fraction of sp³-hybridized carbons (Fsp3) is 0. The number of carbonyl (C=O) groups excluding carboxylic acids is 1. The quantitative estimate of drug-likeness (QED) is 0.472. The Morgan fingerprint density at radius 1 is 1.11 bits per heavy atom. The van der Waals surface area contributed by atoms with Gasteiger partial charge in [-0.15, -0.1) is 0 Å². The molecule has 0 fully saturated rings. The summed E-state index contributed by atoms with van der Waals surface area (Å²) in [4.78, 5) is 12.2. The number of hydrogen-bond acceptors (Lipinski definition) is 2. The van der Waals surface area contributed by atoms with E-state index in [9.17, 15) is 13.6 Å². The molecule has 2 aromatic rings. The highest BCUT2D eigenvalue weighted by molar-refractivity contribution is 9.10. The molecule has 0 heterocycles. The van der Waals surface area contributed by atoms with Crippen LogP contribution in [0.25, 0.3) is 0 Å². The van der Waals surface area contributed by atoms with E-state index in [4.69, 9.17) is 5.73 Å². The van der Waals surface area contributed by atoms with Crippen molar-refractivity contribution >= 4 is 43.3 Å². The standard InChI is InChI=1S/C13H7Br2F2NO/c14-6-1-2-7(10(18)5-6)13(19)11-9(16)4-3-8(15)12(11)17/h1-5H,18H2. The summed E-state index contributed by atoms with van der Waals surface area (Å²) in [6.07, 6.45) is 0. The lowest BCUT2D eigenvalue weighted by molar-refractivity contribution is 0.103. The number of ketones is 1. The first-order valence-electron chi connectivity index (χ1n) is 5.15. The van der Waals surface area contributed by atoms with Crippen molar-refractivity contribution in [2.75, 3.05) is 5.73 Å². The maximum atomic E-state index is 13.9. The smallest absolute Gasteiger partial charge is 0.201 e. The van der Waals surface area contributed by atoms with Crippen molar-refractivity contribution in [2.45, 2.75) is 0 Å². The molecule has 0 aromatic heterocycles. The van der Waals surface area contributed by atoms with Gasteiger partial charge in [0.05, 0.1) is 10.0 Å². The van der Waals surface area contributed by atoms with Gasteiger partial charge in [-0.3, -0.25) is 4.79 Å². The van der Waals surface area contributed by atoms with Gasteiger partial charge in [-0.1, -0.05) is 15.9 Å². The molecule has 19 heavy (non-hydrogen) atoms. The summed E-state index contributed by atoms with van der Waals surface area (Å²) in [7, 11) is 0. The number of halogens is 4. The molecule has 0 aliphatic carbocycles. The van der Waals surface area contributed by atoms with Gasteiger partial charge in [0.1, 0.15) is 5.82 Å². The van der Waals surface area contributed by atoms with Crippen LogP contribution in [0, 0.1) is 11.6 Å². The zero-order valence-corrected chi connectivity index (χ0v) is 12.6. The summed E-state index contributed by atoms with van der Waals surface area (Å²) in [6, 6.07) is 6.72.